The van der Waals surface area contributed by atoms with E-state index in [1.807, 2.05) is 6.08 Å². The third kappa shape index (κ3) is 50.4. The largest absolute Gasteiger partial charge is 0.462 e. The van der Waals surface area contributed by atoms with Crippen molar-refractivity contribution in [1.82, 2.24) is 0 Å². The highest BCUT2D eigenvalue weighted by Gasteiger charge is 2.19. The Balaban J connectivity index is 4.59. The van der Waals surface area contributed by atoms with Gasteiger partial charge in [-0.2, -0.15) is 0 Å². The molecule has 1 unspecified atom stereocenters. The van der Waals surface area contributed by atoms with Crippen LogP contribution in [0.25, 0.3) is 0 Å². The van der Waals surface area contributed by atoms with Gasteiger partial charge in [0.2, 0.25) is 0 Å². The first-order valence-electron chi connectivity index (χ1n) is 25.7. The minimum atomic E-state index is -0.854. The molecular weight excluding hydrogens is 805 g/mol. The van der Waals surface area contributed by atoms with Crippen molar-refractivity contribution >= 4 is 17.9 Å². The van der Waals surface area contributed by atoms with Crippen molar-refractivity contribution < 1.29 is 28.6 Å². The van der Waals surface area contributed by atoms with Crippen LogP contribution in [0.15, 0.2) is 134 Å². The molecule has 0 fully saturated rings. The van der Waals surface area contributed by atoms with E-state index in [4.69, 9.17) is 14.2 Å². The third-order valence-electron chi connectivity index (χ3n) is 10.2. The first-order valence-corrected chi connectivity index (χ1v) is 25.7. The summed E-state index contributed by atoms with van der Waals surface area (Å²) in [5, 5.41) is 0. The molecular formula is C59H92O6. The number of unbranched alkanes of at least 4 members (excludes halogenated alkanes) is 12. The van der Waals surface area contributed by atoms with Gasteiger partial charge in [0.05, 0.1) is 6.42 Å². The van der Waals surface area contributed by atoms with Gasteiger partial charge in [0.15, 0.2) is 6.10 Å². The molecule has 0 amide bonds. The first kappa shape index (κ1) is 60.5. The van der Waals surface area contributed by atoms with Crippen LogP contribution >= 0.6 is 0 Å². The van der Waals surface area contributed by atoms with Crippen molar-refractivity contribution in [2.45, 2.75) is 207 Å². The Kier molecular flexibility index (Phi) is 48.6. The average Bonchev–Trinajstić information content (AvgIpc) is 3.30. The predicted octanol–water partition coefficient (Wildman–Crippen LogP) is 17.1. The number of hydrogen-bond donors (Lipinski definition) is 0. The molecule has 65 heavy (non-hydrogen) atoms. The van der Waals surface area contributed by atoms with Crippen molar-refractivity contribution in [3.8, 4) is 0 Å². The molecule has 0 saturated heterocycles. The quantitative estimate of drug-likeness (QED) is 0.0262. The van der Waals surface area contributed by atoms with E-state index in [9.17, 15) is 14.4 Å². The lowest BCUT2D eigenvalue weighted by Crippen LogP contribution is -2.30. The van der Waals surface area contributed by atoms with Gasteiger partial charge in [-0.15, -0.1) is 0 Å². The maximum atomic E-state index is 12.7. The van der Waals surface area contributed by atoms with Gasteiger partial charge < -0.3 is 14.2 Å². The lowest BCUT2D eigenvalue weighted by Gasteiger charge is -2.18. The topological polar surface area (TPSA) is 78.9 Å². The summed E-state index contributed by atoms with van der Waals surface area (Å²) >= 11 is 0. The first-order chi connectivity index (χ1) is 32.0. The molecule has 0 saturated carbocycles. The molecule has 6 heteroatoms. The number of ether oxygens (including phenoxy) is 3. The molecule has 0 aliphatic rings. The molecule has 0 aliphatic heterocycles. The van der Waals surface area contributed by atoms with E-state index in [0.29, 0.717) is 19.3 Å². The summed E-state index contributed by atoms with van der Waals surface area (Å²) in [6.45, 7) is 6.25. The van der Waals surface area contributed by atoms with Gasteiger partial charge in [0, 0.05) is 12.8 Å². The molecule has 1 atom stereocenters. The molecule has 364 valence electrons. The Morgan fingerprint density at radius 3 is 1.05 bits per heavy atom. The van der Waals surface area contributed by atoms with Crippen molar-refractivity contribution in [1.29, 1.82) is 0 Å². The molecule has 0 heterocycles. The van der Waals surface area contributed by atoms with Crippen LogP contribution in [0, 0.1) is 0 Å². The number of rotatable bonds is 44. The van der Waals surface area contributed by atoms with Crippen LogP contribution in [0.5, 0.6) is 0 Å². The molecule has 0 aromatic heterocycles. The third-order valence-corrected chi connectivity index (χ3v) is 10.2. The second kappa shape index (κ2) is 52.2. The number of carbonyl (C=O) groups excluding carboxylic acids is 3. The van der Waals surface area contributed by atoms with E-state index in [1.54, 1.807) is 6.08 Å². The van der Waals surface area contributed by atoms with E-state index < -0.39 is 12.1 Å². The highest BCUT2D eigenvalue weighted by molar-refractivity contribution is 5.72. The summed E-state index contributed by atoms with van der Waals surface area (Å²) in [6.07, 6.45) is 73.1. The summed E-state index contributed by atoms with van der Waals surface area (Å²) in [6, 6.07) is 0. The maximum Gasteiger partial charge on any atom is 0.310 e. The molecule has 6 nitrogen and oxygen atoms in total. The van der Waals surface area contributed by atoms with E-state index in [1.165, 1.54) is 38.5 Å². The predicted molar refractivity (Wildman–Crippen MR) is 279 cm³/mol. The van der Waals surface area contributed by atoms with Crippen molar-refractivity contribution in [3.63, 3.8) is 0 Å². The Bertz CT molecular complexity index is 1450. The molecule has 0 aliphatic carbocycles. The van der Waals surface area contributed by atoms with Gasteiger partial charge in [-0.25, -0.2) is 0 Å². The van der Waals surface area contributed by atoms with E-state index >= 15 is 0 Å². The molecule has 0 spiro atoms. The smallest absolute Gasteiger partial charge is 0.310 e. The van der Waals surface area contributed by atoms with Gasteiger partial charge >= 0.3 is 17.9 Å². The van der Waals surface area contributed by atoms with Gasteiger partial charge in [0.1, 0.15) is 13.2 Å². The zero-order valence-corrected chi connectivity index (χ0v) is 41.4. The number of carbonyl (C=O) groups is 3. The molecule has 0 aromatic rings. The highest BCUT2D eigenvalue weighted by atomic mass is 16.6. The molecule has 0 bridgehead atoms. The lowest BCUT2D eigenvalue weighted by molar-refractivity contribution is -0.166. The normalized spacial score (nSPS) is 13.2. The van der Waals surface area contributed by atoms with Gasteiger partial charge in [-0.3, -0.25) is 14.4 Å². The number of hydrogen-bond acceptors (Lipinski definition) is 6. The summed E-state index contributed by atoms with van der Waals surface area (Å²) in [7, 11) is 0. The summed E-state index contributed by atoms with van der Waals surface area (Å²) in [4.78, 5) is 37.9. The van der Waals surface area contributed by atoms with Gasteiger partial charge in [-0.05, 0) is 116 Å². The molecule has 0 N–H and O–H groups in total. The van der Waals surface area contributed by atoms with Crippen molar-refractivity contribution in [2.24, 2.45) is 0 Å². The Labute approximate surface area is 398 Å². The maximum absolute atomic E-state index is 12.7. The molecule has 0 radical (unpaired) electrons. The van der Waals surface area contributed by atoms with Crippen LogP contribution in [0.3, 0.4) is 0 Å². The number of allylic oxidation sites excluding steroid dienone is 21. The molecule has 0 rings (SSSR count). The zero-order valence-electron chi connectivity index (χ0n) is 41.4. The minimum Gasteiger partial charge on any atom is -0.462 e. The van der Waals surface area contributed by atoms with Crippen LogP contribution < -0.4 is 0 Å². The van der Waals surface area contributed by atoms with Crippen molar-refractivity contribution in [2.75, 3.05) is 13.2 Å². The summed E-state index contributed by atoms with van der Waals surface area (Å²) in [5.74, 6) is -1.12. The van der Waals surface area contributed by atoms with Crippen LogP contribution in [0.1, 0.15) is 201 Å². The highest BCUT2D eigenvalue weighted by Crippen LogP contribution is 2.11. The Morgan fingerprint density at radius 2 is 0.646 bits per heavy atom. The van der Waals surface area contributed by atoms with Crippen LogP contribution in [0.2, 0.25) is 0 Å². The standard InChI is InChI=1S/C59H92O6/c1-4-7-10-13-16-19-22-25-27-28-29-30-32-34-37-40-43-46-49-52-58(61)64-55-56(54-63-57(60)51-48-45-42-39-36-33-24-21-18-15-12-9-6-3)65-59(62)53-50-47-44-41-38-35-31-26-23-20-17-14-11-8-5-2/h7-8,10-11,16-17,19-21,24-27,29-31,34,37-38,41,47,50,56H,4-6,9,12-15,18,22-23,28,32-33,35-36,39-40,42-46,48-49,51-55H2,1-3H3/b10-7-,11-8-,19-16-,20-17-,24-21-,27-25-,30-29-,31-26-,37-34-,41-38-,50-47-. The van der Waals surface area contributed by atoms with Gasteiger partial charge in [-0.1, -0.05) is 199 Å². The Morgan fingerprint density at radius 1 is 0.338 bits per heavy atom. The van der Waals surface area contributed by atoms with Crippen LogP contribution in [-0.2, 0) is 28.6 Å². The van der Waals surface area contributed by atoms with Crippen molar-refractivity contribution in [3.05, 3.63) is 134 Å². The lowest BCUT2D eigenvalue weighted by atomic mass is 10.1. The van der Waals surface area contributed by atoms with Crippen LogP contribution in [-0.4, -0.2) is 37.2 Å². The summed E-state index contributed by atoms with van der Waals surface area (Å²) in [5.41, 5.74) is 0. The fraction of sp³-hybridized carbons (Fsp3) is 0.576. The second-order valence-electron chi connectivity index (χ2n) is 16.3. The van der Waals surface area contributed by atoms with E-state index in [-0.39, 0.29) is 31.6 Å². The zero-order chi connectivity index (χ0) is 47.2. The van der Waals surface area contributed by atoms with E-state index in [0.717, 1.165) is 116 Å². The fourth-order valence-corrected chi connectivity index (χ4v) is 6.36. The molecule has 0 aromatic carbocycles. The second-order valence-corrected chi connectivity index (χ2v) is 16.3. The summed E-state index contributed by atoms with van der Waals surface area (Å²) < 4.78 is 16.6. The number of esters is 3. The Hall–Kier alpha value is -4.45. The van der Waals surface area contributed by atoms with E-state index in [2.05, 4.69) is 142 Å². The average molecular weight is 897 g/mol. The fourth-order valence-electron chi connectivity index (χ4n) is 6.36. The minimum absolute atomic E-state index is 0.0819. The van der Waals surface area contributed by atoms with Crippen LogP contribution in [0.4, 0.5) is 0 Å². The SMILES string of the molecule is CC/C=C\C/C=C\C/C=C\C/C=C\C/C=C\CCCCCC(=O)OCC(COC(=O)CCCCCCC/C=C\CCCCCC)OC(=O)C/C=C\C/C=C\C/C=C\C/C=C\C/C=C\CC. The van der Waals surface area contributed by atoms with Gasteiger partial charge in [0.25, 0.3) is 0 Å². The monoisotopic (exact) mass is 897 g/mol.